The van der Waals surface area contributed by atoms with Gasteiger partial charge in [0.1, 0.15) is 0 Å². The molecule has 5 nitrogen and oxygen atoms in total. The summed E-state index contributed by atoms with van der Waals surface area (Å²) < 4.78 is 5.04. The molecular weight excluding hydrogens is 276 g/mol. The number of rotatable bonds is 9. The second-order valence-electron chi connectivity index (χ2n) is 5.08. The van der Waals surface area contributed by atoms with Crippen molar-refractivity contribution in [3.8, 4) is 0 Å². The van der Waals surface area contributed by atoms with Crippen molar-refractivity contribution in [3.63, 3.8) is 0 Å². The van der Waals surface area contributed by atoms with E-state index in [1.807, 2.05) is 0 Å². The van der Waals surface area contributed by atoms with Crippen molar-refractivity contribution >= 4 is 5.96 Å². The molecule has 0 radical (unpaired) electrons. The van der Waals surface area contributed by atoms with Crippen molar-refractivity contribution in [2.45, 2.75) is 26.9 Å². The summed E-state index contributed by atoms with van der Waals surface area (Å²) in [4.78, 5) is 6.65. The molecule has 0 unspecified atom stereocenters. The molecule has 0 aliphatic heterocycles. The standard InChI is InChI=1S/C17H30N4O/c1-5-21(6-2)14-16-10-8-7-9-15(16)13-20-17(18-3)19-11-12-22-4/h7-10H,5-6,11-14H2,1-4H3,(H2,18,19,20). The molecule has 124 valence electrons. The maximum absolute atomic E-state index is 5.04. The van der Waals surface area contributed by atoms with Crippen LogP contribution in [0.4, 0.5) is 0 Å². The van der Waals surface area contributed by atoms with E-state index in [1.165, 1.54) is 11.1 Å². The van der Waals surface area contributed by atoms with Crippen LogP contribution >= 0.6 is 0 Å². The van der Waals surface area contributed by atoms with Crippen molar-refractivity contribution in [1.82, 2.24) is 15.5 Å². The molecule has 5 heteroatoms. The molecule has 2 N–H and O–H groups in total. The first-order valence-electron chi connectivity index (χ1n) is 7.97. The van der Waals surface area contributed by atoms with Gasteiger partial charge in [-0.05, 0) is 24.2 Å². The Morgan fingerprint density at radius 1 is 1.14 bits per heavy atom. The number of ether oxygens (including phenoxy) is 1. The fraction of sp³-hybridized carbons (Fsp3) is 0.588. The van der Waals surface area contributed by atoms with E-state index in [-0.39, 0.29) is 0 Å². The first-order chi connectivity index (χ1) is 10.7. The quantitative estimate of drug-likeness (QED) is 0.415. The minimum absolute atomic E-state index is 0.666. The average Bonchev–Trinajstić information content (AvgIpc) is 2.56. The van der Waals surface area contributed by atoms with E-state index in [4.69, 9.17) is 4.74 Å². The fourth-order valence-corrected chi connectivity index (χ4v) is 2.24. The Hall–Kier alpha value is -1.59. The predicted molar refractivity (Wildman–Crippen MR) is 93.1 cm³/mol. The summed E-state index contributed by atoms with van der Waals surface area (Å²) in [6, 6.07) is 8.57. The zero-order valence-electron chi connectivity index (χ0n) is 14.4. The highest BCUT2D eigenvalue weighted by Gasteiger charge is 2.06. The van der Waals surface area contributed by atoms with Crippen molar-refractivity contribution in [2.75, 3.05) is 40.4 Å². The molecule has 0 bridgehead atoms. The van der Waals surface area contributed by atoms with Gasteiger partial charge in [0.05, 0.1) is 6.61 Å². The molecule has 1 rings (SSSR count). The smallest absolute Gasteiger partial charge is 0.191 e. The van der Waals surface area contributed by atoms with Gasteiger partial charge >= 0.3 is 0 Å². The highest BCUT2D eigenvalue weighted by atomic mass is 16.5. The maximum Gasteiger partial charge on any atom is 0.191 e. The third-order valence-electron chi connectivity index (χ3n) is 3.68. The fourth-order valence-electron chi connectivity index (χ4n) is 2.24. The van der Waals surface area contributed by atoms with E-state index in [9.17, 15) is 0 Å². The van der Waals surface area contributed by atoms with Gasteiger partial charge in [0, 0.05) is 33.8 Å². The summed E-state index contributed by atoms with van der Waals surface area (Å²) in [7, 11) is 3.48. The molecule has 0 aliphatic carbocycles. The van der Waals surface area contributed by atoms with Gasteiger partial charge in [0.25, 0.3) is 0 Å². The lowest BCUT2D eigenvalue weighted by Gasteiger charge is -2.20. The Kier molecular flexibility index (Phi) is 9.26. The summed E-state index contributed by atoms with van der Waals surface area (Å²) in [5, 5.41) is 6.59. The molecule has 0 amide bonds. The molecule has 0 heterocycles. The van der Waals surface area contributed by atoms with Crippen LogP contribution in [0.2, 0.25) is 0 Å². The second kappa shape index (κ2) is 11.0. The van der Waals surface area contributed by atoms with Gasteiger partial charge in [-0.15, -0.1) is 0 Å². The SMILES string of the molecule is CCN(CC)Cc1ccccc1CNC(=NC)NCCOC. The van der Waals surface area contributed by atoms with Gasteiger partial charge in [-0.2, -0.15) is 0 Å². The summed E-state index contributed by atoms with van der Waals surface area (Å²) in [5.74, 6) is 0.801. The minimum atomic E-state index is 0.666. The van der Waals surface area contributed by atoms with Crippen LogP contribution in [0.3, 0.4) is 0 Å². The molecule has 0 aromatic heterocycles. The summed E-state index contributed by atoms with van der Waals surface area (Å²) in [5.41, 5.74) is 2.68. The van der Waals surface area contributed by atoms with Crippen LogP contribution in [0, 0.1) is 0 Å². The second-order valence-corrected chi connectivity index (χ2v) is 5.08. The third kappa shape index (κ3) is 6.45. The van der Waals surface area contributed by atoms with Crippen molar-refractivity contribution < 1.29 is 4.74 Å². The average molecular weight is 306 g/mol. The highest BCUT2D eigenvalue weighted by Crippen LogP contribution is 2.11. The number of methoxy groups -OCH3 is 1. The number of hydrogen-bond donors (Lipinski definition) is 2. The van der Waals surface area contributed by atoms with Crippen LogP contribution in [0.15, 0.2) is 29.3 Å². The first-order valence-corrected chi connectivity index (χ1v) is 7.97. The maximum atomic E-state index is 5.04. The largest absolute Gasteiger partial charge is 0.383 e. The van der Waals surface area contributed by atoms with Gasteiger partial charge in [0.2, 0.25) is 0 Å². The third-order valence-corrected chi connectivity index (χ3v) is 3.68. The lowest BCUT2D eigenvalue weighted by atomic mass is 10.1. The Bertz CT molecular complexity index is 444. The van der Waals surface area contributed by atoms with E-state index in [1.54, 1.807) is 14.2 Å². The van der Waals surface area contributed by atoms with Crippen molar-refractivity contribution in [3.05, 3.63) is 35.4 Å². The number of nitrogens with one attached hydrogen (secondary N) is 2. The van der Waals surface area contributed by atoms with Gasteiger partial charge in [-0.25, -0.2) is 0 Å². The molecule has 0 saturated carbocycles. The summed E-state index contributed by atoms with van der Waals surface area (Å²) in [6.45, 7) is 9.70. The van der Waals surface area contributed by atoms with Gasteiger partial charge < -0.3 is 15.4 Å². The van der Waals surface area contributed by atoms with Crippen LogP contribution in [-0.2, 0) is 17.8 Å². The van der Waals surface area contributed by atoms with Gasteiger partial charge in [0.15, 0.2) is 5.96 Å². The Morgan fingerprint density at radius 3 is 2.41 bits per heavy atom. The van der Waals surface area contributed by atoms with E-state index in [0.29, 0.717) is 6.61 Å². The number of guanidine groups is 1. The number of hydrogen-bond acceptors (Lipinski definition) is 3. The molecule has 1 aromatic carbocycles. The number of aliphatic imine (C=N–C) groups is 1. The van der Waals surface area contributed by atoms with Gasteiger partial charge in [-0.1, -0.05) is 38.1 Å². The molecule has 0 fully saturated rings. The van der Waals surface area contributed by atoms with Gasteiger partial charge in [-0.3, -0.25) is 9.89 Å². The zero-order chi connectivity index (χ0) is 16.2. The summed E-state index contributed by atoms with van der Waals surface area (Å²) in [6.07, 6.45) is 0. The van der Waals surface area contributed by atoms with Crippen LogP contribution in [0.1, 0.15) is 25.0 Å². The summed E-state index contributed by atoms with van der Waals surface area (Å²) >= 11 is 0. The lowest BCUT2D eigenvalue weighted by molar-refractivity contribution is 0.203. The molecular formula is C17H30N4O. The van der Waals surface area contributed by atoms with Crippen molar-refractivity contribution in [2.24, 2.45) is 4.99 Å². The van der Waals surface area contributed by atoms with Crippen LogP contribution < -0.4 is 10.6 Å². The van der Waals surface area contributed by atoms with E-state index < -0.39 is 0 Å². The number of benzene rings is 1. The zero-order valence-corrected chi connectivity index (χ0v) is 14.4. The van der Waals surface area contributed by atoms with Crippen LogP contribution in [0.25, 0.3) is 0 Å². The number of nitrogens with zero attached hydrogens (tertiary/aromatic N) is 2. The molecule has 0 spiro atoms. The Labute approximate surface area is 134 Å². The first kappa shape index (κ1) is 18.5. The lowest BCUT2D eigenvalue weighted by Crippen LogP contribution is -2.38. The highest BCUT2D eigenvalue weighted by molar-refractivity contribution is 5.79. The van der Waals surface area contributed by atoms with Crippen molar-refractivity contribution in [1.29, 1.82) is 0 Å². The monoisotopic (exact) mass is 306 g/mol. The molecule has 22 heavy (non-hydrogen) atoms. The Balaban J connectivity index is 2.61. The molecule has 0 saturated heterocycles. The molecule has 1 aromatic rings. The predicted octanol–water partition coefficient (Wildman–Crippen LogP) is 1.84. The topological polar surface area (TPSA) is 48.9 Å². The molecule has 0 atom stereocenters. The van der Waals surface area contributed by atoms with E-state index in [0.717, 1.165) is 38.7 Å². The normalized spacial score (nSPS) is 11.8. The van der Waals surface area contributed by atoms with Crippen LogP contribution in [0.5, 0.6) is 0 Å². The van der Waals surface area contributed by atoms with E-state index in [2.05, 4.69) is 58.6 Å². The Morgan fingerprint density at radius 2 is 1.82 bits per heavy atom. The minimum Gasteiger partial charge on any atom is -0.383 e. The van der Waals surface area contributed by atoms with Crippen LogP contribution in [-0.4, -0.2) is 51.3 Å². The van der Waals surface area contributed by atoms with E-state index >= 15 is 0 Å². The molecule has 0 aliphatic rings.